The molecule has 1 nitrogen and oxygen atoms in total. The smallest absolute Gasteiger partial charge is 0.123 e. The topological polar surface area (TPSA) is 12.0 Å². The van der Waals surface area contributed by atoms with Crippen molar-refractivity contribution in [3.63, 3.8) is 0 Å². The molecule has 1 N–H and O–H groups in total. The van der Waals surface area contributed by atoms with Crippen LogP contribution in [-0.2, 0) is 0 Å². The van der Waals surface area contributed by atoms with E-state index < -0.39 is 0 Å². The molecule has 0 radical (unpaired) electrons. The van der Waals surface area contributed by atoms with Gasteiger partial charge in [0.1, 0.15) is 5.82 Å². The first-order chi connectivity index (χ1) is 9.61. The van der Waals surface area contributed by atoms with Gasteiger partial charge >= 0.3 is 0 Å². The Morgan fingerprint density at radius 2 is 1.80 bits per heavy atom. The highest BCUT2D eigenvalue weighted by atomic mass is 35.5. The predicted octanol–water partition coefficient (Wildman–Crippen LogP) is 5.22. The highest BCUT2D eigenvalue weighted by molar-refractivity contribution is 6.42. The number of hydrogen-bond acceptors (Lipinski definition) is 1. The van der Waals surface area contributed by atoms with Gasteiger partial charge in [0.25, 0.3) is 0 Å². The molecule has 0 aliphatic rings. The molecule has 0 bridgehead atoms. The summed E-state index contributed by atoms with van der Waals surface area (Å²) in [6, 6.07) is 12.0. The van der Waals surface area contributed by atoms with Crippen LogP contribution in [0.1, 0.15) is 30.5 Å². The summed E-state index contributed by atoms with van der Waals surface area (Å²) in [6.45, 7) is 2.92. The van der Waals surface area contributed by atoms with Crippen LogP contribution in [-0.4, -0.2) is 6.54 Å². The number of nitrogens with one attached hydrogen (secondary N) is 1. The third-order valence-corrected chi connectivity index (χ3v) is 3.80. The van der Waals surface area contributed by atoms with E-state index in [0.29, 0.717) is 10.0 Å². The van der Waals surface area contributed by atoms with Crippen molar-refractivity contribution in [1.82, 2.24) is 5.32 Å². The fraction of sp³-hybridized carbons (Fsp3) is 0.250. The average Bonchev–Trinajstić information content (AvgIpc) is 2.43. The molecule has 2 rings (SSSR count). The zero-order chi connectivity index (χ0) is 14.5. The quantitative estimate of drug-likeness (QED) is 0.798. The molecule has 0 aliphatic heterocycles. The van der Waals surface area contributed by atoms with Crippen molar-refractivity contribution in [2.45, 2.75) is 19.4 Å². The van der Waals surface area contributed by atoms with E-state index in [9.17, 15) is 4.39 Å². The lowest BCUT2D eigenvalue weighted by Crippen LogP contribution is -2.23. The van der Waals surface area contributed by atoms with Crippen LogP contribution in [0.15, 0.2) is 42.5 Å². The fourth-order valence-electron chi connectivity index (χ4n) is 2.09. The van der Waals surface area contributed by atoms with Crippen molar-refractivity contribution < 1.29 is 4.39 Å². The van der Waals surface area contributed by atoms with E-state index in [1.165, 1.54) is 12.1 Å². The van der Waals surface area contributed by atoms with Gasteiger partial charge in [-0.1, -0.05) is 48.3 Å². The summed E-state index contributed by atoms with van der Waals surface area (Å²) in [5.74, 6) is -0.245. The van der Waals surface area contributed by atoms with E-state index in [-0.39, 0.29) is 11.9 Å². The molecule has 2 aromatic rings. The Labute approximate surface area is 128 Å². The van der Waals surface area contributed by atoms with E-state index in [1.807, 2.05) is 18.2 Å². The average molecular weight is 312 g/mol. The summed E-state index contributed by atoms with van der Waals surface area (Å²) >= 11 is 12.0. The number of halogens is 3. The van der Waals surface area contributed by atoms with Crippen molar-refractivity contribution >= 4 is 23.2 Å². The van der Waals surface area contributed by atoms with Gasteiger partial charge < -0.3 is 5.32 Å². The van der Waals surface area contributed by atoms with Crippen molar-refractivity contribution in [3.05, 3.63) is 69.5 Å². The van der Waals surface area contributed by atoms with Gasteiger partial charge in [-0.25, -0.2) is 4.39 Å². The predicted molar refractivity (Wildman–Crippen MR) is 83.0 cm³/mol. The molecule has 106 valence electrons. The van der Waals surface area contributed by atoms with Crippen molar-refractivity contribution in [3.8, 4) is 0 Å². The van der Waals surface area contributed by atoms with Crippen LogP contribution in [0.3, 0.4) is 0 Å². The number of hydrogen-bond donors (Lipinski definition) is 1. The maximum atomic E-state index is 13.4. The molecule has 2 aromatic carbocycles. The zero-order valence-corrected chi connectivity index (χ0v) is 12.7. The van der Waals surface area contributed by atoms with Gasteiger partial charge in [-0.3, -0.25) is 0 Å². The minimum atomic E-state index is -0.245. The van der Waals surface area contributed by atoms with Crippen LogP contribution in [0.2, 0.25) is 10.0 Å². The number of rotatable bonds is 5. The van der Waals surface area contributed by atoms with Crippen LogP contribution < -0.4 is 5.32 Å². The van der Waals surface area contributed by atoms with Gasteiger partial charge in [0.2, 0.25) is 0 Å². The summed E-state index contributed by atoms with van der Waals surface area (Å²) in [5.41, 5.74) is 1.84. The molecule has 0 saturated heterocycles. The minimum absolute atomic E-state index is 0.0968. The van der Waals surface area contributed by atoms with Crippen LogP contribution in [0.4, 0.5) is 4.39 Å². The molecule has 0 heterocycles. The van der Waals surface area contributed by atoms with Crippen LogP contribution in [0.5, 0.6) is 0 Å². The maximum Gasteiger partial charge on any atom is 0.123 e. The Kier molecular flexibility index (Phi) is 5.41. The summed E-state index contributed by atoms with van der Waals surface area (Å²) in [7, 11) is 0. The third kappa shape index (κ3) is 3.72. The molecule has 0 fully saturated rings. The Morgan fingerprint density at radius 3 is 2.45 bits per heavy atom. The molecule has 0 amide bonds. The molecular weight excluding hydrogens is 296 g/mol. The van der Waals surface area contributed by atoms with Crippen molar-refractivity contribution in [2.75, 3.05) is 6.54 Å². The molecule has 0 saturated carbocycles. The van der Waals surface area contributed by atoms with Crippen LogP contribution in [0, 0.1) is 5.82 Å². The van der Waals surface area contributed by atoms with E-state index in [2.05, 4.69) is 12.2 Å². The largest absolute Gasteiger partial charge is 0.306 e. The standard InChI is InChI=1S/C16H16Cl2FN/c1-2-8-20-16(11-4-3-5-13(19)9-11)12-6-7-14(17)15(18)10-12/h3-7,9-10,16,20H,2,8H2,1H3. The lowest BCUT2D eigenvalue weighted by Gasteiger charge is -2.20. The Balaban J connectivity index is 2.38. The van der Waals surface area contributed by atoms with Gasteiger partial charge in [-0.2, -0.15) is 0 Å². The molecule has 0 aromatic heterocycles. The first-order valence-electron chi connectivity index (χ1n) is 6.55. The van der Waals surface area contributed by atoms with E-state index in [1.54, 1.807) is 12.1 Å². The van der Waals surface area contributed by atoms with Crippen molar-refractivity contribution in [1.29, 1.82) is 0 Å². The SMILES string of the molecule is CCCNC(c1cccc(F)c1)c1ccc(Cl)c(Cl)c1. The lowest BCUT2D eigenvalue weighted by atomic mass is 9.98. The summed E-state index contributed by atoms with van der Waals surface area (Å²) in [5, 5.41) is 4.43. The highest BCUT2D eigenvalue weighted by Crippen LogP contribution is 2.29. The zero-order valence-electron chi connectivity index (χ0n) is 11.2. The summed E-state index contributed by atoms with van der Waals surface area (Å²) in [6.07, 6.45) is 0.993. The van der Waals surface area contributed by atoms with Gasteiger partial charge in [0, 0.05) is 0 Å². The molecule has 0 spiro atoms. The van der Waals surface area contributed by atoms with Gasteiger partial charge in [-0.15, -0.1) is 0 Å². The minimum Gasteiger partial charge on any atom is -0.306 e. The number of benzene rings is 2. The third-order valence-electron chi connectivity index (χ3n) is 3.06. The maximum absolute atomic E-state index is 13.4. The Morgan fingerprint density at radius 1 is 1.05 bits per heavy atom. The second-order valence-corrected chi connectivity index (χ2v) is 5.43. The van der Waals surface area contributed by atoms with Crippen LogP contribution in [0.25, 0.3) is 0 Å². The van der Waals surface area contributed by atoms with Gasteiger partial charge in [0.15, 0.2) is 0 Å². The Bertz CT molecular complexity index is 586. The fourth-order valence-corrected chi connectivity index (χ4v) is 2.40. The molecule has 1 unspecified atom stereocenters. The molecule has 0 aliphatic carbocycles. The monoisotopic (exact) mass is 311 g/mol. The van der Waals surface area contributed by atoms with Gasteiger partial charge in [-0.05, 0) is 48.4 Å². The second-order valence-electron chi connectivity index (χ2n) is 4.62. The molecule has 1 atom stereocenters. The van der Waals surface area contributed by atoms with Gasteiger partial charge in [0.05, 0.1) is 16.1 Å². The van der Waals surface area contributed by atoms with E-state index in [4.69, 9.17) is 23.2 Å². The molecular formula is C16H16Cl2FN. The summed E-state index contributed by atoms with van der Waals surface area (Å²) < 4.78 is 13.4. The summed E-state index contributed by atoms with van der Waals surface area (Å²) in [4.78, 5) is 0. The Hall–Kier alpha value is -1.09. The van der Waals surface area contributed by atoms with Crippen LogP contribution >= 0.6 is 23.2 Å². The second kappa shape index (κ2) is 7.07. The lowest BCUT2D eigenvalue weighted by molar-refractivity contribution is 0.585. The first kappa shape index (κ1) is 15.3. The van der Waals surface area contributed by atoms with E-state index >= 15 is 0 Å². The molecule has 4 heteroatoms. The highest BCUT2D eigenvalue weighted by Gasteiger charge is 2.15. The van der Waals surface area contributed by atoms with Crippen molar-refractivity contribution in [2.24, 2.45) is 0 Å². The van der Waals surface area contributed by atoms with E-state index in [0.717, 1.165) is 24.1 Å². The first-order valence-corrected chi connectivity index (χ1v) is 7.31. The normalized spacial score (nSPS) is 12.4. The molecule has 20 heavy (non-hydrogen) atoms.